The van der Waals surface area contributed by atoms with Gasteiger partial charge in [-0.1, -0.05) is 133 Å². The number of nitrogens with zero attached hydrogens (tertiary/aromatic N) is 2. The maximum absolute atomic E-state index is 6.45. The van der Waals surface area contributed by atoms with E-state index in [0.29, 0.717) is 11.7 Å². The fourth-order valence-electron chi connectivity index (χ4n) is 7.05. The molecule has 50 heavy (non-hydrogen) atoms. The van der Waals surface area contributed by atoms with Crippen molar-refractivity contribution in [2.75, 3.05) is 0 Å². The Balaban J connectivity index is 1.09. The van der Waals surface area contributed by atoms with Crippen LogP contribution >= 0.6 is 0 Å². The average molecular weight is 644 g/mol. The highest BCUT2D eigenvalue weighted by Gasteiger charge is 2.25. The first kappa shape index (κ1) is 28.3. The highest BCUT2D eigenvalue weighted by Crippen LogP contribution is 2.36. The summed E-state index contributed by atoms with van der Waals surface area (Å²) in [6.45, 7) is 0. The minimum absolute atomic E-state index is 0.435. The van der Waals surface area contributed by atoms with Gasteiger partial charge in [-0.05, 0) is 52.6 Å². The van der Waals surface area contributed by atoms with E-state index in [-0.39, 0.29) is 0 Å². The van der Waals surface area contributed by atoms with Gasteiger partial charge in [0, 0.05) is 38.2 Å². The first-order chi connectivity index (χ1) is 24.7. The van der Waals surface area contributed by atoms with Gasteiger partial charge in [-0.2, -0.15) is 0 Å². The van der Waals surface area contributed by atoms with Crippen molar-refractivity contribution in [2.24, 2.45) is 9.98 Å². The predicted molar refractivity (Wildman–Crippen MR) is 204 cm³/mol. The Morgan fingerprint density at radius 2 is 1.04 bits per heavy atom. The molecule has 1 aliphatic heterocycles. The Labute approximate surface area is 287 Å². The molecular weight excluding hydrogens is 615 g/mol. The number of hydrogen-bond donors (Lipinski definition) is 1. The number of para-hydroxylation sites is 2. The maximum Gasteiger partial charge on any atom is 0.159 e. The largest absolute Gasteiger partial charge is 0.456 e. The molecule has 0 radical (unpaired) electrons. The van der Waals surface area contributed by atoms with Crippen LogP contribution in [0.5, 0.6) is 0 Å². The summed E-state index contributed by atoms with van der Waals surface area (Å²) in [5, 5.41) is 7.94. The van der Waals surface area contributed by atoms with Gasteiger partial charge in [-0.25, -0.2) is 9.98 Å². The Kier molecular flexibility index (Phi) is 6.49. The predicted octanol–water partition coefficient (Wildman–Crippen LogP) is 11.3. The zero-order valence-corrected chi connectivity index (χ0v) is 26.9. The van der Waals surface area contributed by atoms with Gasteiger partial charge in [0.1, 0.15) is 28.2 Å². The van der Waals surface area contributed by atoms with Crippen molar-refractivity contribution in [3.05, 3.63) is 180 Å². The molecule has 1 atom stereocenters. The molecule has 0 spiro atoms. The average Bonchev–Trinajstić information content (AvgIpc) is 3.76. The van der Waals surface area contributed by atoms with Crippen LogP contribution in [0.2, 0.25) is 0 Å². The van der Waals surface area contributed by atoms with E-state index < -0.39 is 6.17 Å². The Hall–Kier alpha value is -6.72. The molecule has 1 aliphatic rings. The number of aliphatic imine (C=N–C) groups is 2. The molecule has 0 bridgehead atoms. The lowest BCUT2D eigenvalue weighted by Crippen LogP contribution is -2.33. The second-order valence-corrected chi connectivity index (χ2v) is 12.6. The zero-order valence-electron chi connectivity index (χ0n) is 26.9. The Morgan fingerprint density at radius 1 is 0.420 bits per heavy atom. The third-order valence-electron chi connectivity index (χ3n) is 9.57. The highest BCUT2D eigenvalue weighted by atomic mass is 16.3. The van der Waals surface area contributed by atoms with E-state index in [4.69, 9.17) is 18.8 Å². The van der Waals surface area contributed by atoms with Crippen molar-refractivity contribution in [1.29, 1.82) is 0 Å². The van der Waals surface area contributed by atoms with Crippen LogP contribution in [-0.4, -0.2) is 11.7 Å². The van der Waals surface area contributed by atoms with Gasteiger partial charge in [0.2, 0.25) is 0 Å². The smallest absolute Gasteiger partial charge is 0.159 e. The number of rotatable bonds is 5. The minimum atomic E-state index is -0.435. The van der Waals surface area contributed by atoms with Crippen LogP contribution in [0.3, 0.4) is 0 Å². The summed E-state index contributed by atoms with van der Waals surface area (Å²) in [5.74, 6) is 1.36. The molecule has 0 fully saturated rings. The molecule has 1 N–H and O–H groups in total. The number of furan rings is 2. The third kappa shape index (κ3) is 4.79. The van der Waals surface area contributed by atoms with Gasteiger partial charge in [-0.15, -0.1) is 0 Å². The van der Waals surface area contributed by atoms with Gasteiger partial charge in [-0.3, -0.25) is 0 Å². The number of amidine groups is 2. The molecule has 0 amide bonds. The molecule has 9 aromatic rings. The molecule has 10 rings (SSSR count). The van der Waals surface area contributed by atoms with E-state index in [9.17, 15) is 0 Å². The van der Waals surface area contributed by atoms with Gasteiger partial charge in [0.25, 0.3) is 0 Å². The number of benzene rings is 7. The van der Waals surface area contributed by atoms with Crippen LogP contribution in [0, 0.1) is 0 Å². The highest BCUT2D eigenvalue weighted by molar-refractivity contribution is 6.15. The third-order valence-corrected chi connectivity index (χ3v) is 9.57. The van der Waals surface area contributed by atoms with Gasteiger partial charge < -0.3 is 14.2 Å². The Morgan fingerprint density at radius 3 is 1.86 bits per heavy atom. The number of nitrogens with one attached hydrogen (secondary N) is 1. The maximum atomic E-state index is 6.45. The minimum Gasteiger partial charge on any atom is -0.456 e. The standard InChI is InChI=1S/C45H29N3O2/c1-3-10-28(11-4-1)30-18-20-31(21-19-30)43-46-44(48-45(47-43)37-16-9-15-36-34-14-7-8-17-39(34)50-42(36)37)33-22-24-35-38-26-32(29-12-5-2-6-13-29)23-25-40(38)49-41(35)27-33/h1-27,45H,(H,46,47,48). The van der Waals surface area contributed by atoms with Crippen LogP contribution < -0.4 is 5.32 Å². The molecule has 1 unspecified atom stereocenters. The monoisotopic (exact) mass is 643 g/mol. The van der Waals surface area contributed by atoms with Crippen LogP contribution in [0.1, 0.15) is 22.9 Å². The van der Waals surface area contributed by atoms with Crippen LogP contribution in [-0.2, 0) is 0 Å². The van der Waals surface area contributed by atoms with Gasteiger partial charge in [0.15, 0.2) is 12.0 Å². The summed E-state index contributed by atoms with van der Waals surface area (Å²) in [4.78, 5) is 10.3. The topological polar surface area (TPSA) is 63.0 Å². The van der Waals surface area contributed by atoms with E-state index in [2.05, 4.69) is 139 Å². The second-order valence-electron chi connectivity index (χ2n) is 12.6. The van der Waals surface area contributed by atoms with Crippen LogP contribution in [0.25, 0.3) is 66.1 Å². The Bertz CT molecular complexity index is 2770. The fraction of sp³-hybridized carbons (Fsp3) is 0.0222. The quantitative estimate of drug-likeness (QED) is 0.203. The lowest BCUT2D eigenvalue weighted by Gasteiger charge is -2.23. The van der Waals surface area contributed by atoms with Crippen molar-refractivity contribution in [3.8, 4) is 22.3 Å². The van der Waals surface area contributed by atoms with E-state index in [1.165, 1.54) is 11.1 Å². The SMILES string of the molecule is c1ccc(-c2ccc(C3=NC(c4cccc5c4oc4ccccc45)NC(c4ccc5c(c4)oc4ccc(-c6ccccc6)cc45)=N3)cc2)cc1. The summed E-state index contributed by atoms with van der Waals surface area (Å²) in [6.07, 6.45) is -0.435. The molecular formula is C45H29N3O2. The van der Waals surface area contributed by atoms with Crippen LogP contribution in [0.4, 0.5) is 0 Å². The summed E-state index contributed by atoms with van der Waals surface area (Å²) >= 11 is 0. The van der Waals surface area contributed by atoms with Crippen molar-refractivity contribution < 1.29 is 8.83 Å². The molecule has 5 heteroatoms. The molecule has 236 valence electrons. The molecule has 0 saturated carbocycles. The summed E-state index contributed by atoms with van der Waals surface area (Å²) in [5.41, 5.74) is 10.8. The van der Waals surface area contributed by atoms with Crippen LogP contribution in [0.15, 0.2) is 183 Å². The zero-order chi connectivity index (χ0) is 33.0. The summed E-state index contributed by atoms with van der Waals surface area (Å²) in [7, 11) is 0. The summed E-state index contributed by atoms with van der Waals surface area (Å²) < 4.78 is 12.9. The normalized spacial score (nSPS) is 14.6. The molecule has 5 nitrogen and oxygen atoms in total. The molecule has 2 aromatic heterocycles. The summed E-state index contributed by atoms with van der Waals surface area (Å²) in [6, 6.07) is 56.4. The van der Waals surface area contributed by atoms with E-state index >= 15 is 0 Å². The van der Waals surface area contributed by atoms with Crippen molar-refractivity contribution >= 4 is 55.5 Å². The number of fused-ring (bicyclic) bond motifs is 6. The van der Waals surface area contributed by atoms with Crippen molar-refractivity contribution in [2.45, 2.75) is 6.17 Å². The van der Waals surface area contributed by atoms with Crippen molar-refractivity contribution in [3.63, 3.8) is 0 Å². The van der Waals surface area contributed by atoms with E-state index in [1.54, 1.807) is 0 Å². The molecule has 0 aliphatic carbocycles. The lowest BCUT2D eigenvalue weighted by atomic mass is 10.0. The van der Waals surface area contributed by atoms with Gasteiger partial charge >= 0.3 is 0 Å². The molecule has 0 saturated heterocycles. The van der Waals surface area contributed by atoms with E-state index in [1.807, 2.05) is 30.3 Å². The number of hydrogen-bond acceptors (Lipinski definition) is 5. The van der Waals surface area contributed by atoms with Gasteiger partial charge in [0.05, 0.1) is 0 Å². The van der Waals surface area contributed by atoms with E-state index in [0.717, 1.165) is 71.7 Å². The fourth-order valence-corrected chi connectivity index (χ4v) is 7.05. The van der Waals surface area contributed by atoms with Crippen molar-refractivity contribution in [1.82, 2.24) is 5.32 Å². The first-order valence-corrected chi connectivity index (χ1v) is 16.8. The molecule has 3 heterocycles. The lowest BCUT2D eigenvalue weighted by molar-refractivity contribution is 0.628. The first-order valence-electron chi connectivity index (χ1n) is 16.8. The molecule has 7 aromatic carbocycles. The second kappa shape index (κ2) is 11.5.